The molecule has 4 amide bonds. The van der Waals surface area contributed by atoms with E-state index in [-0.39, 0.29) is 19.9 Å². The summed E-state index contributed by atoms with van der Waals surface area (Å²) < 4.78 is 15.3. The van der Waals surface area contributed by atoms with Crippen molar-refractivity contribution in [2.45, 2.75) is 6.04 Å². The average Bonchev–Trinajstić information content (AvgIpc) is 3.29. The lowest BCUT2D eigenvalue weighted by molar-refractivity contribution is -0.126. The van der Waals surface area contributed by atoms with Gasteiger partial charge in [0.2, 0.25) is 6.79 Å². The molecule has 2 aliphatic rings. The molecule has 2 aliphatic heterocycles. The van der Waals surface area contributed by atoms with Gasteiger partial charge in [-0.3, -0.25) is 4.79 Å². The molecular weight excluding hydrogens is 366 g/mol. The van der Waals surface area contributed by atoms with Gasteiger partial charge in [0, 0.05) is 11.8 Å². The Bertz CT molecular complexity index is 901. The molecule has 2 heterocycles. The maximum Gasteiger partial charge on any atom is 0.417 e. The highest BCUT2D eigenvalue weighted by Crippen LogP contribution is 2.34. The molecule has 0 spiro atoms. The summed E-state index contributed by atoms with van der Waals surface area (Å²) in [7, 11) is 0. The quantitative estimate of drug-likeness (QED) is 0.820. The average molecular weight is 383 g/mol. The third-order valence-corrected chi connectivity index (χ3v) is 4.34. The fraction of sp³-hybridized carbons (Fsp3) is 0.211. The molecule has 9 heteroatoms. The van der Waals surface area contributed by atoms with Gasteiger partial charge in [0.25, 0.3) is 5.91 Å². The lowest BCUT2D eigenvalue weighted by Crippen LogP contribution is -2.41. The lowest BCUT2D eigenvalue weighted by Gasteiger charge is -2.23. The zero-order valence-corrected chi connectivity index (χ0v) is 14.7. The van der Waals surface area contributed by atoms with E-state index in [4.69, 9.17) is 14.2 Å². The van der Waals surface area contributed by atoms with Crippen LogP contribution in [0.4, 0.5) is 15.3 Å². The molecule has 28 heavy (non-hydrogen) atoms. The zero-order chi connectivity index (χ0) is 19.5. The first-order valence-electron chi connectivity index (χ1n) is 8.59. The summed E-state index contributed by atoms with van der Waals surface area (Å²) in [5.74, 6) is 0.714. The van der Waals surface area contributed by atoms with Crippen molar-refractivity contribution in [2.24, 2.45) is 0 Å². The number of benzene rings is 2. The fourth-order valence-electron chi connectivity index (χ4n) is 2.96. The molecule has 1 saturated heterocycles. The second kappa shape index (κ2) is 7.47. The second-order valence-electron chi connectivity index (χ2n) is 6.19. The number of rotatable bonds is 5. The number of urea groups is 1. The van der Waals surface area contributed by atoms with Gasteiger partial charge in [0.1, 0.15) is 0 Å². The number of carbonyl (C=O) groups excluding carboxylic acids is 3. The summed E-state index contributed by atoms with van der Waals surface area (Å²) in [6, 6.07) is 13.0. The number of anilines is 1. The standard InChI is InChI=1S/C19H17N3O6/c23-17-10-26-19(25)22(17)9-14(12-4-2-1-3-5-12)21-18(24)20-13-6-7-15-16(8-13)28-11-27-15/h1-8,14H,9-11H2,(H2,20,21,24). The van der Waals surface area contributed by atoms with Crippen LogP contribution < -0.4 is 20.1 Å². The molecule has 1 fully saturated rings. The molecule has 4 rings (SSSR count). The number of carbonyl (C=O) groups is 3. The third-order valence-electron chi connectivity index (χ3n) is 4.34. The maximum atomic E-state index is 12.5. The normalized spacial score (nSPS) is 15.9. The van der Waals surface area contributed by atoms with Crippen LogP contribution in [-0.2, 0) is 9.53 Å². The number of amides is 4. The molecule has 9 nitrogen and oxygen atoms in total. The summed E-state index contributed by atoms with van der Waals surface area (Å²) in [5, 5.41) is 5.51. The highest BCUT2D eigenvalue weighted by Gasteiger charge is 2.33. The number of ether oxygens (including phenoxy) is 3. The molecule has 2 N–H and O–H groups in total. The predicted octanol–water partition coefficient (Wildman–Crippen LogP) is 2.26. The van der Waals surface area contributed by atoms with E-state index >= 15 is 0 Å². The number of cyclic esters (lactones) is 1. The van der Waals surface area contributed by atoms with E-state index in [9.17, 15) is 14.4 Å². The highest BCUT2D eigenvalue weighted by atomic mass is 16.7. The van der Waals surface area contributed by atoms with Gasteiger partial charge in [-0.15, -0.1) is 0 Å². The number of nitrogens with one attached hydrogen (secondary N) is 2. The van der Waals surface area contributed by atoms with Crippen LogP contribution in [0.1, 0.15) is 11.6 Å². The number of imide groups is 1. The SMILES string of the molecule is O=C(Nc1ccc2c(c1)OCO2)NC(CN1C(=O)COC1=O)c1ccccc1. The molecule has 1 unspecified atom stereocenters. The van der Waals surface area contributed by atoms with Gasteiger partial charge in [0.15, 0.2) is 18.1 Å². The molecule has 0 saturated carbocycles. The minimum atomic E-state index is -0.719. The van der Waals surface area contributed by atoms with E-state index in [1.54, 1.807) is 30.3 Å². The Morgan fingerprint density at radius 2 is 1.82 bits per heavy atom. The van der Waals surface area contributed by atoms with E-state index in [0.717, 1.165) is 10.5 Å². The van der Waals surface area contributed by atoms with E-state index in [1.165, 1.54) is 0 Å². The third kappa shape index (κ3) is 3.68. The van der Waals surface area contributed by atoms with Gasteiger partial charge in [0.05, 0.1) is 12.6 Å². The van der Waals surface area contributed by atoms with Crippen LogP contribution in [0, 0.1) is 0 Å². The van der Waals surface area contributed by atoms with Gasteiger partial charge >= 0.3 is 12.1 Å². The van der Waals surface area contributed by atoms with Gasteiger partial charge in [-0.1, -0.05) is 30.3 Å². The van der Waals surface area contributed by atoms with Crippen molar-refractivity contribution < 1.29 is 28.6 Å². The predicted molar refractivity (Wildman–Crippen MR) is 97.0 cm³/mol. The van der Waals surface area contributed by atoms with Crippen molar-refractivity contribution in [1.29, 1.82) is 0 Å². The van der Waals surface area contributed by atoms with Crippen molar-refractivity contribution in [3.8, 4) is 11.5 Å². The summed E-state index contributed by atoms with van der Waals surface area (Å²) in [6.45, 7) is -0.180. The first-order valence-corrected chi connectivity index (χ1v) is 8.59. The van der Waals surface area contributed by atoms with Crippen molar-refractivity contribution in [2.75, 3.05) is 25.3 Å². The second-order valence-corrected chi connectivity index (χ2v) is 6.19. The minimum Gasteiger partial charge on any atom is -0.454 e. The van der Waals surface area contributed by atoms with Gasteiger partial charge in [-0.25, -0.2) is 14.5 Å². The monoisotopic (exact) mass is 383 g/mol. The topological polar surface area (TPSA) is 106 Å². The van der Waals surface area contributed by atoms with Gasteiger partial charge < -0.3 is 24.8 Å². The Morgan fingerprint density at radius 1 is 1.04 bits per heavy atom. The number of fused-ring (bicyclic) bond motifs is 1. The first kappa shape index (κ1) is 17.7. The molecule has 1 atom stereocenters. The van der Waals surface area contributed by atoms with E-state index in [2.05, 4.69) is 10.6 Å². The van der Waals surface area contributed by atoms with Crippen molar-refractivity contribution in [1.82, 2.24) is 10.2 Å². The summed E-state index contributed by atoms with van der Waals surface area (Å²) in [4.78, 5) is 37.1. The lowest BCUT2D eigenvalue weighted by atomic mass is 10.1. The summed E-state index contributed by atoms with van der Waals surface area (Å²) in [6.07, 6.45) is -0.719. The minimum absolute atomic E-state index is 0.0315. The maximum absolute atomic E-state index is 12.5. The van der Waals surface area contributed by atoms with Crippen LogP contribution in [0.3, 0.4) is 0 Å². The molecule has 2 aromatic rings. The van der Waals surface area contributed by atoms with E-state index in [1.807, 2.05) is 18.2 Å². The number of hydrogen-bond donors (Lipinski definition) is 2. The van der Waals surface area contributed by atoms with Crippen LogP contribution >= 0.6 is 0 Å². The van der Waals surface area contributed by atoms with Gasteiger partial charge in [-0.05, 0) is 17.7 Å². The van der Waals surface area contributed by atoms with Crippen LogP contribution in [0.15, 0.2) is 48.5 Å². The van der Waals surface area contributed by atoms with E-state index < -0.39 is 24.1 Å². The smallest absolute Gasteiger partial charge is 0.417 e. The van der Waals surface area contributed by atoms with Crippen molar-refractivity contribution in [3.05, 3.63) is 54.1 Å². The molecule has 0 aliphatic carbocycles. The van der Waals surface area contributed by atoms with Crippen LogP contribution in [0.5, 0.6) is 11.5 Å². The van der Waals surface area contributed by atoms with Crippen molar-refractivity contribution >= 4 is 23.7 Å². The molecule has 0 aromatic heterocycles. The first-order chi connectivity index (χ1) is 13.6. The fourth-order valence-corrected chi connectivity index (χ4v) is 2.96. The summed E-state index contributed by atoms with van der Waals surface area (Å²) >= 11 is 0. The summed E-state index contributed by atoms with van der Waals surface area (Å²) in [5.41, 5.74) is 1.26. The molecule has 0 bridgehead atoms. The van der Waals surface area contributed by atoms with Crippen LogP contribution in [0.25, 0.3) is 0 Å². The largest absolute Gasteiger partial charge is 0.454 e. The van der Waals surface area contributed by atoms with Crippen LogP contribution in [-0.4, -0.2) is 42.9 Å². The Morgan fingerprint density at radius 3 is 2.57 bits per heavy atom. The Hall–Kier alpha value is -3.75. The molecule has 0 radical (unpaired) electrons. The molecule has 2 aromatic carbocycles. The van der Waals surface area contributed by atoms with Crippen LogP contribution in [0.2, 0.25) is 0 Å². The number of nitrogens with zero attached hydrogens (tertiary/aromatic N) is 1. The Balaban J connectivity index is 1.48. The van der Waals surface area contributed by atoms with Gasteiger partial charge in [-0.2, -0.15) is 0 Å². The van der Waals surface area contributed by atoms with Crippen molar-refractivity contribution in [3.63, 3.8) is 0 Å². The zero-order valence-electron chi connectivity index (χ0n) is 14.7. The highest BCUT2D eigenvalue weighted by molar-refractivity contribution is 5.98. The Kier molecular flexibility index (Phi) is 4.71. The Labute approximate surface area is 160 Å². The molecular formula is C19H17N3O6. The van der Waals surface area contributed by atoms with E-state index in [0.29, 0.717) is 17.2 Å². The molecule has 144 valence electrons. The number of hydrogen-bond acceptors (Lipinski definition) is 6.